The highest BCUT2D eigenvalue weighted by Gasteiger charge is 2.17. The van der Waals surface area contributed by atoms with Gasteiger partial charge in [0, 0.05) is 16.8 Å². The Bertz CT molecular complexity index is 1310. The summed E-state index contributed by atoms with van der Waals surface area (Å²) in [6, 6.07) is 13.6. The summed E-state index contributed by atoms with van der Waals surface area (Å²) in [7, 11) is -2.67. The molecule has 2 amide bonds. The van der Waals surface area contributed by atoms with Gasteiger partial charge in [-0.25, -0.2) is 12.8 Å². The van der Waals surface area contributed by atoms with Crippen LogP contribution in [-0.4, -0.2) is 27.3 Å². The average Bonchev–Trinajstić information content (AvgIpc) is 2.75. The lowest BCUT2D eigenvalue weighted by Crippen LogP contribution is -2.16. The second kappa shape index (κ2) is 9.06. The average molecular weight is 457 g/mol. The first-order valence-corrected chi connectivity index (χ1v) is 10.8. The second-order valence-electron chi connectivity index (χ2n) is 6.83. The number of ether oxygens (including phenoxy) is 1. The summed E-state index contributed by atoms with van der Waals surface area (Å²) in [6.45, 7) is 1.52. The van der Waals surface area contributed by atoms with Crippen LogP contribution in [0, 0.1) is 12.7 Å². The molecule has 0 saturated heterocycles. The zero-order chi connectivity index (χ0) is 23.5. The number of carbonyl (C=O) groups is 2. The van der Waals surface area contributed by atoms with E-state index < -0.39 is 27.7 Å². The minimum absolute atomic E-state index is 0.108. The van der Waals surface area contributed by atoms with E-state index in [0.717, 1.165) is 6.07 Å². The fourth-order valence-electron chi connectivity index (χ4n) is 2.83. The van der Waals surface area contributed by atoms with Gasteiger partial charge >= 0.3 is 0 Å². The molecule has 8 nitrogen and oxygen atoms in total. The van der Waals surface area contributed by atoms with Crippen molar-refractivity contribution in [2.75, 3.05) is 17.1 Å². The van der Waals surface area contributed by atoms with Crippen LogP contribution in [0.3, 0.4) is 0 Å². The molecule has 4 N–H and O–H groups in total. The highest BCUT2D eigenvalue weighted by Crippen LogP contribution is 2.26. The smallest absolute Gasteiger partial charge is 0.261 e. The maximum atomic E-state index is 13.8. The minimum Gasteiger partial charge on any atom is -0.495 e. The van der Waals surface area contributed by atoms with Gasteiger partial charge in [-0.3, -0.25) is 14.3 Å². The SMILES string of the molecule is COc1ccc(C(N)=O)cc1NC(=O)c1cccc(NS(=O)(=O)c2ccc(C)c(F)c2)c1. The molecule has 0 saturated carbocycles. The fourth-order valence-corrected chi connectivity index (χ4v) is 3.89. The molecular weight excluding hydrogens is 437 g/mol. The lowest BCUT2D eigenvalue weighted by atomic mass is 10.1. The number of rotatable bonds is 7. The third-order valence-corrected chi connectivity index (χ3v) is 5.94. The first kappa shape index (κ1) is 22.8. The first-order chi connectivity index (χ1) is 15.1. The van der Waals surface area contributed by atoms with E-state index >= 15 is 0 Å². The molecule has 0 heterocycles. The fraction of sp³-hybridized carbons (Fsp3) is 0.0909. The molecule has 3 rings (SSSR count). The number of nitrogens with one attached hydrogen (secondary N) is 2. The number of hydrogen-bond acceptors (Lipinski definition) is 5. The maximum absolute atomic E-state index is 13.8. The van der Waals surface area contributed by atoms with E-state index in [2.05, 4.69) is 10.0 Å². The molecule has 0 aliphatic carbocycles. The van der Waals surface area contributed by atoms with Crippen LogP contribution in [-0.2, 0) is 10.0 Å². The van der Waals surface area contributed by atoms with E-state index in [4.69, 9.17) is 10.5 Å². The Balaban J connectivity index is 1.84. The number of anilines is 2. The Hall–Kier alpha value is -3.92. The van der Waals surface area contributed by atoms with Crippen molar-refractivity contribution in [3.05, 3.63) is 83.2 Å². The molecular formula is C22H20FN3O5S. The van der Waals surface area contributed by atoms with Crippen molar-refractivity contribution in [2.45, 2.75) is 11.8 Å². The van der Waals surface area contributed by atoms with Crippen LogP contribution in [0.4, 0.5) is 15.8 Å². The molecule has 166 valence electrons. The molecule has 32 heavy (non-hydrogen) atoms. The number of methoxy groups -OCH3 is 1. The van der Waals surface area contributed by atoms with Gasteiger partial charge in [0.25, 0.3) is 15.9 Å². The summed E-state index contributed by atoms with van der Waals surface area (Å²) in [4.78, 5) is 23.9. The standard InChI is InChI=1S/C22H20FN3O5S/c1-13-6-8-17(12-18(13)23)32(29,30)26-16-5-3-4-15(10-16)22(28)25-19-11-14(21(24)27)7-9-20(19)31-2/h3-12,26H,1-2H3,(H2,24,27)(H,25,28). The molecule has 0 atom stereocenters. The van der Waals surface area contributed by atoms with Crippen LogP contribution in [0.25, 0.3) is 0 Å². The van der Waals surface area contributed by atoms with E-state index in [0.29, 0.717) is 11.3 Å². The summed E-state index contributed by atoms with van der Waals surface area (Å²) in [5, 5.41) is 2.61. The van der Waals surface area contributed by atoms with Crippen molar-refractivity contribution >= 4 is 33.2 Å². The number of primary amides is 1. The van der Waals surface area contributed by atoms with Gasteiger partial charge in [-0.15, -0.1) is 0 Å². The van der Waals surface area contributed by atoms with Crippen molar-refractivity contribution in [2.24, 2.45) is 5.73 Å². The van der Waals surface area contributed by atoms with E-state index in [9.17, 15) is 22.4 Å². The molecule has 0 radical (unpaired) electrons. The number of carbonyl (C=O) groups excluding carboxylic acids is 2. The van der Waals surface area contributed by atoms with Crippen LogP contribution in [0.1, 0.15) is 26.3 Å². The Labute approximate surface area is 184 Å². The molecule has 0 spiro atoms. The van der Waals surface area contributed by atoms with Gasteiger partial charge in [0.05, 0.1) is 17.7 Å². The van der Waals surface area contributed by atoms with Crippen molar-refractivity contribution in [1.82, 2.24) is 0 Å². The van der Waals surface area contributed by atoms with Crippen LogP contribution >= 0.6 is 0 Å². The largest absolute Gasteiger partial charge is 0.495 e. The summed E-state index contributed by atoms with van der Waals surface area (Å²) >= 11 is 0. The van der Waals surface area contributed by atoms with Crippen molar-refractivity contribution in [3.8, 4) is 5.75 Å². The van der Waals surface area contributed by atoms with Crippen molar-refractivity contribution in [1.29, 1.82) is 0 Å². The van der Waals surface area contributed by atoms with Crippen LogP contribution in [0.2, 0.25) is 0 Å². The predicted octanol–water partition coefficient (Wildman–Crippen LogP) is 3.29. The lowest BCUT2D eigenvalue weighted by Gasteiger charge is -2.13. The summed E-state index contributed by atoms with van der Waals surface area (Å²) < 4.78 is 46.5. The predicted molar refractivity (Wildman–Crippen MR) is 118 cm³/mol. The molecule has 0 fully saturated rings. The highest BCUT2D eigenvalue weighted by atomic mass is 32.2. The summed E-state index contributed by atoms with van der Waals surface area (Å²) in [6.07, 6.45) is 0. The number of hydrogen-bond donors (Lipinski definition) is 3. The van der Waals surface area contributed by atoms with Gasteiger partial charge in [-0.05, 0) is 61.0 Å². The van der Waals surface area contributed by atoms with Gasteiger partial charge in [0.15, 0.2) is 0 Å². The van der Waals surface area contributed by atoms with Crippen molar-refractivity contribution < 1.29 is 27.1 Å². The quantitative estimate of drug-likeness (QED) is 0.502. The second-order valence-corrected chi connectivity index (χ2v) is 8.51. The van der Waals surface area contributed by atoms with Crippen LogP contribution < -0.4 is 20.5 Å². The van der Waals surface area contributed by atoms with E-state index in [-0.39, 0.29) is 27.4 Å². The molecule has 0 aromatic heterocycles. The van der Waals surface area contributed by atoms with Gasteiger partial charge in [0.2, 0.25) is 5.91 Å². The van der Waals surface area contributed by atoms with E-state index in [1.807, 2.05) is 0 Å². The zero-order valence-electron chi connectivity index (χ0n) is 17.2. The topological polar surface area (TPSA) is 128 Å². The molecule has 0 aliphatic heterocycles. The number of amides is 2. The van der Waals surface area contributed by atoms with Gasteiger partial charge < -0.3 is 15.8 Å². The molecule has 3 aromatic carbocycles. The molecule has 0 aliphatic rings. The van der Waals surface area contributed by atoms with Gasteiger partial charge in [-0.1, -0.05) is 12.1 Å². The minimum atomic E-state index is -4.07. The Kier molecular flexibility index (Phi) is 6.45. The Morgan fingerprint density at radius 1 is 1.00 bits per heavy atom. The Morgan fingerprint density at radius 3 is 2.41 bits per heavy atom. The maximum Gasteiger partial charge on any atom is 0.261 e. The summed E-state index contributed by atoms with van der Waals surface area (Å²) in [5.74, 6) is -1.59. The molecule has 0 unspecified atom stereocenters. The number of halogens is 1. The first-order valence-electron chi connectivity index (χ1n) is 9.29. The van der Waals surface area contributed by atoms with Crippen LogP contribution in [0.5, 0.6) is 5.75 Å². The number of sulfonamides is 1. The van der Waals surface area contributed by atoms with E-state index in [1.165, 1.54) is 68.6 Å². The van der Waals surface area contributed by atoms with Crippen molar-refractivity contribution in [3.63, 3.8) is 0 Å². The lowest BCUT2D eigenvalue weighted by molar-refractivity contribution is 0.0996. The van der Waals surface area contributed by atoms with E-state index in [1.54, 1.807) is 0 Å². The monoisotopic (exact) mass is 457 g/mol. The number of benzene rings is 3. The summed E-state index contributed by atoms with van der Waals surface area (Å²) in [5.41, 5.74) is 6.23. The Morgan fingerprint density at radius 2 is 1.75 bits per heavy atom. The van der Waals surface area contributed by atoms with Crippen LogP contribution in [0.15, 0.2) is 65.6 Å². The normalized spacial score (nSPS) is 11.0. The number of nitrogens with two attached hydrogens (primary N) is 1. The number of aryl methyl sites for hydroxylation is 1. The molecule has 3 aromatic rings. The van der Waals surface area contributed by atoms with Gasteiger partial charge in [0.1, 0.15) is 11.6 Å². The third kappa shape index (κ3) is 5.03. The third-order valence-electron chi connectivity index (χ3n) is 4.56. The van der Waals surface area contributed by atoms with Gasteiger partial charge in [-0.2, -0.15) is 0 Å². The molecule has 0 bridgehead atoms. The zero-order valence-corrected chi connectivity index (χ0v) is 18.0. The highest BCUT2D eigenvalue weighted by molar-refractivity contribution is 7.92. The molecule has 10 heteroatoms.